The van der Waals surface area contributed by atoms with Crippen LogP contribution in [0.4, 0.5) is 8.78 Å². The largest absolute Gasteiger partial charge is 0.333 e. The van der Waals surface area contributed by atoms with Gasteiger partial charge in [0.1, 0.15) is 16.4 Å². The zero-order chi connectivity index (χ0) is 14.6. The van der Waals surface area contributed by atoms with E-state index in [9.17, 15) is 13.6 Å². The third kappa shape index (κ3) is 1.71. The maximum absolute atomic E-state index is 13.1. The summed E-state index contributed by atoms with van der Waals surface area (Å²) in [5.74, 6) is 0. The Kier molecular flexibility index (Phi) is 3.09. The maximum Gasteiger partial charge on any atom is 0.333 e. The van der Waals surface area contributed by atoms with Gasteiger partial charge in [0.25, 0.3) is 5.56 Å². The number of aryl methyl sites for hydroxylation is 1. The van der Waals surface area contributed by atoms with Crippen LogP contribution in [0.3, 0.4) is 0 Å². The van der Waals surface area contributed by atoms with Crippen molar-refractivity contribution in [2.75, 3.05) is 6.26 Å². The van der Waals surface area contributed by atoms with E-state index in [1.54, 1.807) is 17.9 Å². The lowest BCUT2D eigenvalue weighted by Gasteiger charge is -2.01. The van der Waals surface area contributed by atoms with E-state index in [1.807, 2.05) is 0 Å². The van der Waals surface area contributed by atoms with Gasteiger partial charge in [-0.15, -0.1) is 0 Å². The Morgan fingerprint density at radius 2 is 2.10 bits per heavy atom. The van der Waals surface area contributed by atoms with E-state index in [0.717, 1.165) is 0 Å². The van der Waals surface area contributed by atoms with Crippen LogP contribution in [0.2, 0.25) is 0 Å². The quantitative estimate of drug-likeness (QED) is 0.561. The number of thioether (sulfide) groups is 1. The molecule has 10 heteroatoms. The second kappa shape index (κ2) is 4.55. The molecule has 0 unspecified atom stereocenters. The van der Waals surface area contributed by atoms with E-state index in [2.05, 4.69) is 31.0 Å². The molecule has 0 radical (unpaired) electrons. The lowest BCUT2D eigenvalue weighted by molar-refractivity contribution is 0.0614. The van der Waals surface area contributed by atoms with Gasteiger partial charge in [-0.1, -0.05) is 11.8 Å². The summed E-state index contributed by atoms with van der Waals surface area (Å²) < 4.78 is 28.5. The van der Waals surface area contributed by atoms with Gasteiger partial charge in [0.2, 0.25) is 0 Å². The number of fused-ring (bicyclic) bond motifs is 3. The van der Waals surface area contributed by atoms with E-state index in [0.29, 0.717) is 21.0 Å². The van der Waals surface area contributed by atoms with Gasteiger partial charge in [-0.05, 0) is 22.2 Å². The summed E-state index contributed by atoms with van der Waals surface area (Å²) in [6.45, 7) is -2.84. The monoisotopic (exact) mass is 363 g/mol. The van der Waals surface area contributed by atoms with E-state index < -0.39 is 12.1 Å². The summed E-state index contributed by atoms with van der Waals surface area (Å²) in [6, 6.07) is 0. The molecule has 0 spiro atoms. The van der Waals surface area contributed by atoms with Crippen molar-refractivity contribution in [3.05, 3.63) is 15.0 Å². The van der Waals surface area contributed by atoms with Crippen LogP contribution < -0.4 is 5.56 Å². The number of nitrogens with one attached hydrogen (secondary N) is 1. The second-order valence-electron chi connectivity index (χ2n) is 4.04. The average Bonchev–Trinajstić information content (AvgIpc) is 2.88. The molecule has 1 N–H and O–H groups in total. The Morgan fingerprint density at radius 1 is 1.40 bits per heavy atom. The topological polar surface area (TPSA) is 68.5 Å². The standard InChI is InChI=1S/C10H8BrF2N5OS/c1-17-5-4(18(9(12)13)16-6(5)11)3-7(17)14-10(20-2)15-8(3)19/h9H,1-2H3,(H,14,15,19). The first-order valence-electron chi connectivity index (χ1n) is 5.44. The molecule has 0 amide bonds. The molecule has 0 saturated carbocycles. The van der Waals surface area contributed by atoms with Crippen LogP contribution in [0.1, 0.15) is 6.55 Å². The number of hydrogen-bond donors (Lipinski definition) is 1. The Hall–Kier alpha value is -1.42. The lowest BCUT2D eigenvalue weighted by Crippen LogP contribution is -2.11. The highest BCUT2D eigenvalue weighted by molar-refractivity contribution is 9.10. The summed E-state index contributed by atoms with van der Waals surface area (Å²) in [4.78, 5) is 19.0. The van der Waals surface area contributed by atoms with Crippen LogP contribution in [-0.2, 0) is 7.05 Å². The first-order chi connectivity index (χ1) is 9.45. The third-order valence-electron chi connectivity index (χ3n) is 2.99. The van der Waals surface area contributed by atoms with Crippen LogP contribution in [-0.4, -0.2) is 30.6 Å². The van der Waals surface area contributed by atoms with Crippen molar-refractivity contribution in [2.24, 2.45) is 7.05 Å². The van der Waals surface area contributed by atoms with Gasteiger partial charge >= 0.3 is 6.55 Å². The predicted molar refractivity (Wildman–Crippen MR) is 75.4 cm³/mol. The Labute approximate surface area is 123 Å². The van der Waals surface area contributed by atoms with Crippen molar-refractivity contribution < 1.29 is 8.78 Å². The molecule has 0 aliphatic carbocycles. The number of H-pyrrole nitrogens is 1. The molecular formula is C10H8BrF2N5OS. The van der Waals surface area contributed by atoms with Crippen molar-refractivity contribution in [3.63, 3.8) is 0 Å². The number of halogens is 3. The highest BCUT2D eigenvalue weighted by Crippen LogP contribution is 2.32. The first-order valence-corrected chi connectivity index (χ1v) is 7.46. The van der Waals surface area contributed by atoms with Crippen molar-refractivity contribution in [3.8, 4) is 0 Å². The van der Waals surface area contributed by atoms with Crippen LogP contribution in [0.15, 0.2) is 14.6 Å². The summed E-state index contributed by atoms with van der Waals surface area (Å²) >= 11 is 4.42. The first kappa shape index (κ1) is 13.6. The molecule has 0 aliphatic heterocycles. The van der Waals surface area contributed by atoms with Gasteiger partial charge in [0.15, 0.2) is 15.4 Å². The highest BCUT2D eigenvalue weighted by Gasteiger charge is 2.24. The third-order valence-corrected chi connectivity index (χ3v) is 4.11. The minimum absolute atomic E-state index is 0.0748. The molecule has 106 valence electrons. The zero-order valence-corrected chi connectivity index (χ0v) is 12.7. The number of alkyl halides is 2. The maximum atomic E-state index is 13.1. The van der Waals surface area contributed by atoms with E-state index in [1.165, 1.54) is 11.8 Å². The fourth-order valence-electron chi connectivity index (χ4n) is 2.17. The Balaban J connectivity index is 2.60. The van der Waals surface area contributed by atoms with Gasteiger partial charge in [-0.3, -0.25) is 4.79 Å². The molecule has 3 aromatic heterocycles. The zero-order valence-electron chi connectivity index (χ0n) is 10.3. The Bertz CT molecular complexity index is 883. The minimum atomic E-state index is -2.84. The van der Waals surface area contributed by atoms with Crippen LogP contribution >= 0.6 is 27.7 Å². The number of nitrogens with zero attached hydrogens (tertiary/aromatic N) is 4. The average molecular weight is 364 g/mol. The van der Waals surface area contributed by atoms with Gasteiger partial charge in [-0.25, -0.2) is 4.98 Å². The van der Waals surface area contributed by atoms with E-state index >= 15 is 0 Å². The molecule has 3 aromatic rings. The fourth-order valence-corrected chi connectivity index (χ4v) is 3.17. The molecule has 6 nitrogen and oxygen atoms in total. The summed E-state index contributed by atoms with van der Waals surface area (Å²) in [5, 5.41) is 4.26. The van der Waals surface area contributed by atoms with Crippen molar-refractivity contribution in [1.29, 1.82) is 0 Å². The van der Waals surface area contributed by atoms with Gasteiger partial charge in [0.05, 0.1) is 0 Å². The molecule has 0 fully saturated rings. The summed E-state index contributed by atoms with van der Waals surface area (Å²) in [6.07, 6.45) is 1.77. The molecular weight excluding hydrogens is 356 g/mol. The number of aromatic amines is 1. The van der Waals surface area contributed by atoms with Gasteiger partial charge in [0, 0.05) is 7.05 Å². The SMILES string of the molecule is CSc1nc2c(c(=O)[nH]1)c1c(c(Br)nn1C(F)F)n2C. The van der Waals surface area contributed by atoms with E-state index in [4.69, 9.17) is 0 Å². The second-order valence-corrected chi connectivity index (χ2v) is 5.59. The molecule has 20 heavy (non-hydrogen) atoms. The van der Waals surface area contributed by atoms with Crippen molar-refractivity contribution >= 4 is 49.8 Å². The van der Waals surface area contributed by atoms with Crippen molar-refractivity contribution in [2.45, 2.75) is 11.7 Å². The highest BCUT2D eigenvalue weighted by atomic mass is 79.9. The fraction of sp³-hybridized carbons (Fsp3) is 0.300. The number of hydrogen-bond acceptors (Lipinski definition) is 4. The molecule has 0 bridgehead atoms. The lowest BCUT2D eigenvalue weighted by atomic mass is 10.3. The predicted octanol–water partition coefficient (Wildman–Crippen LogP) is 2.49. The van der Waals surface area contributed by atoms with E-state index in [-0.39, 0.29) is 15.5 Å². The van der Waals surface area contributed by atoms with Crippen LogP contribution in [0, 0.1) is 0 Å². The molecule has 0 saturated heterocycles. The molecule has 3 rings (SSSR count). The molecule has 0 aliphatic rings. The summed E-state index contributed by atoms with van der Waals surface area (Å²) in [5.41, 5.74) is 0.377. The Morgan fingerprint density at radius 3 is 2.70 bits per heavy atom. The van der Waals surface area contributed by atoms with Crippen LogP contribution in [0.5, 0.6) is 0 Å². The smallest absolute Gasteiger partial charge is 0.325 e. The van der Waals surface area contributed by atoms with Gasteiger partial charge in [-0.2, -0.15) is 18.6 Å². The molecule has 0 atom stereocenters. The summed E-state index contributed by atoms with van der Waals surface area (Å²) in [7, 11) is 1.66. The normalized spacial score (nSPS) is 12.1. The minimum Gasteiger partial charge on any atom is -0.325 e. The molecule has 0 aromatic carbocycles. The number of rotatable bonds is 2. The molecule has 3 heterocycles. The van der Waals surface area contributed by atoms with Gasteiger partial charge < -0.3 is 9.55 Å². The number of aromatic nitrogens is 5. The van der Waals surface area contributed by atoms with Crippen LogP contribution in [0.25, 0.3) is 22.1 Å². The van der Waals surface area contributed by atoms with Crippen molar-refractivity contribution in [1.82, 2.24) is 24.3 Å².